The van der Waals surface area contributed by atoms with Gasteiger partial charge in [0.25, 0.3) is 0 Å². The average Bonchev–Trinajstić information content (AvgIpc) is 2.46. The summed E-state index contributed by atoms with van der Waals surface area (Å²) in [6, 6.07) is 6.64. The Labute approximate surface area is 131 Å². The fourth-order valence-corrected chi connectivity index (χ4v) is 2.74. The van der Waals surface area contributed by atoms with Crippen LogP contribution in [-0.2, 0) is 0 Å². The van der Waals surface area contributed by atoms with E-state index in [4.69, 9.17) is 4.74 Å². The molecule has 0 radical (unpaired) electrons. The second kappa shape index (κ2) is 10.0. The Morgan fingerprint density at radius 1 is 1.35 bits per heavy atom. The van der Waals surface area contributed by atoms with E-state index in [-0.39, 0.29) is 0 Å². The van der Waals surface area contributed by atoms with E-state index in [9.17, 15) is 0 Å². The van der Waals surface area contributed by atoms with Gasteiger partial charge in [-0.05, 0) is 37.9 Å². The zero-order chi connectivity index (χ0) is 14.8. The molecule has 0 amide bonds. The lowest BCUT2D eigenvalue weighted by atomic mass is 9.99. The number of hydrogen-bond donors (Lipinski definition) is 1. The summed E-state index contributed by atoms with van der Waals surface area (Å²) >= 11 is 3.50. The van der Waals surface area contributed by atoms with Crippen molar-refractivity contribution in [1.82, 2.24) is 5.32 Å². The van der Waals surface area contributed by atoms with Gasteiger partial charge in [0.15, 0.2) is 0 Å². The van der Waals surface area contributed by atoms with Gasteiger partial charge in [0.2, 0.25) is 0 Å². The van der Waals surface area contributed by atoms with Gasteiger partial charge in [-0.3, -0.25) is 0 Å². The van der Waals surface area contributed by atoms with Gasteiger partial charge in [-0.15, -0.1) is 6.58 Å². The van der Waals surface area contributed by atoms with Crippen LogP contribution in [0.4, 0.5) is 0 Å². The molecule has 1 unspecified atom stereocenters. The van der Waals surface area contributed by atoms with Gasteiger partial charge in [0.1, 0.15) is 5.75 Å². The number of rotatable bonds is 10. The molecule has 2 nitrogen and oxygen atoms in total. The zero-order valence-corrected chi connectivity index (χ0v) is 14.2. The van der Waals surface area contributed by atoms with Gasteiger partial charge in [-0.1, -0.05) is 47.8 Å². The van der Waals surface area contributed by atoms with Crippen LogP contribution in [0.5, 0.6) is 5.75 Å². The second-order valence-electron chi connectivity index (χ2n) is 4.92. The molecule has 0 spiro atoms. The van der Waals surface area contributed by atoms with Crippen LogP contribution in [0.2, 0.25) is 0 Å². The average molecular weight is 340 g/mol. The summed E-state index contributed by atoms with van der Waals surface area (Å²) in [6.45, 7) is 6.89. The standard InChI is InChI=1S/C17H26BrNO/c1-4-6-7-8-9-10-16(19-5-2)15-12-11-14(18)13-17(15)20-3/h4,11-13,16,19H,1,5-10H2,2-3H3. The van der Waals surface area contributed by atoms with Crippen LogP contribution in [0.15, 0.2) is 35.3 Å². The molecule has 0 bridgehead atoms. The molecule has 112 valence electrons. The maximum Gasteiger partial charge on any atom is 0.124 e. The predicted octanol–water partition coefficient (Wildman–Crippen LogP) is 5.24. The van der Waals surface area contributed by atoms with Crippen LogP contribution in [0.3, 0.4) is 0 Å². The summed E-state index contributed by atoms with van der Waals surface area (Å²) in [6.07, 6.45) is 7.98. The van der Waals surface area contributed by atoms with Crippen LogP contribution in [0.1, 0.15) is 50.6 Å². The van der Waals surface area contributed by atoms with E-state index in [2.05, 4.69) is 46.9 Å². The van der Waals surface area contributed by atoms with E-state index >= 15 is 0 Å². The first-order valence-corrected chi connectivity index (χ1v) is 8.20. The van der Waals surface area contributed by atoms with Crippen LogP contribution in [-0.4, -0.2) is 13.7 Å². The minimum Gasteiger partial charge on any atom is -0.496 e. The number of nitrogens with one attached hydrogen (secondary N) is 1. The number of unbranched alkanes of at least 4 members (excludes halogenated alkanes) is 3. The number of allylic oxidation sites excluding steroid dienone is 1. The van der Waals surface area contributed by atoms with E-state index in [1.54, 1.807) is 7.11 Å². The van der Waals surface area contributed by atoms with Crippen LogP contribution in [0.25, 0.3) is 0 Å². The minimum absolute atomic E-state index is 0.367. The molecule has 0 aromatic heterocycles. The molecule has 1 N–H and O–H groups in total. The molecule has 0 aliphatic heterocycles. The van der Waals surface area contributed by atoms with Crippen LogP contribution < -0.4 is 10.1 Å². The monoisotopic (exact) mass is 339 g/mol. The van der Waals surface area contributed by atoms with Crippen molar-refractivity contribution in [2.24, 2.45) is 0 Å². The SMILES string of the molecule is C=CCCCCCC(NCC)c1ccc(Br)cc1OC. The van der Waals surface area contributed by atoms with Crippen molar-refractivity contribution >= 4 is 15.9 Å². The third-order valence-electron chi connectivity index (χ3n) is 3.42. The molecule has 1 atom stereocenters. The van der Waals surface area contributed by atoms with Crippen molar-refractivity contribution in [3.63, 3.8) is 0 Å². The second-order valence-corrected chi connectivity index (χ2v) is 5.84. The zero-order valence-electron chi connectivity index (χ0n) is 12.6. The maximum atomic E-state index is 5.52. The smallest absolute Gasteiger partial charge is 0.124 e. The maximum absolute atomic E-state index is 5.52. The molecular formula is C17H26BrNO. The molecule has 1 aromatic rings. The summed E-state index contributed by atoms with van der Waals surface area (Å²) in [5.41, 5.74) is 1.25. The van der Waals surface area contributed by atoms with E-state index in [1.165, 1.54) is 24.8 Å². The van der Waals surface area contributed by atoms with Gasteiger partial charge >= 0.3 is 0 Å². The molecule has 1 aromatic carbocycles. The molecule has 0 saturated heterocycles. The van der Waals surface area contributed by atoms with Gasteiger partial charge in [0, 0.05) is 16.1 Å². The van der Waals surface area contributed by atoms with Crippen molar-refractivity contribution in [3.8, 4) is 5.75 Å². The van der Waals surface area contributed by atoms with E-state index in [0.29, 0.717) is 6.04 Å². The lowest BCUT2D eigenvalue weighted by Crippen LogP contribution is -2.21. The van der Waals surface area contributed by atoms with Crippen molar-refractivity contribution in [2.75, 3.05) is 13.7 Å². The van der Waals surface area contributed by atoms with Gasteiger partial charge in [0.05, 0.1) is 7.11 Å². The largest absolute Gasteiger partial charge is 0.496 e. The summed E-state index contributed by atoms with van der Waals surface area (Å²) < 4.78 is 6.57. The Balaban J connectivity index is 2.67. The fraction of sp³-hybridized carbons (Fsp3) is 0.529. The lowest BCUT2D eigenvalue weighted by Gasteiger charge is -2.21. The number of ether oxygens (including phenoxy) is 1. The first kappa shape index (κ1) is 17.3. The third kappa shape index (κ3) is 5.68. The Bertz CT molecular complexity index is 406. The third-order valence-corrected chi connectivity index (χ3v) is 3.92. The highest BCUT2D eigenvalue weighted by molar-refractivity contribution is 9.10. The van der Waals surface area contributed by atoms with E-state index < -0.39 is 0 Å². The van der Waals surface area contributed by atoms with Crippen LogP contribution >= 0.6 is 15.9 Å². The highest BCUT2D eigenvalue weighted by Crippen LogP contribution is 2.31. The highest BCUT2D eigenvalue weighted by atomic mass is 79.9. The first-order valence-electron chi connectivity index (χ1n) is 7.40. The van der Waals surface area contributed by atoms with Crippen molar-refractivity contribution in [2.45, 2.75) is 45.1 Å². The quantitative estimate of drug-likeness (QED) is 0.464. The minimum atomic E-state index is 0.367. The van der Waals surface area contributed by atoms with Crippen molar-refractivity contribution < 1.29 is 4.74 Å². The summed E-state index contributed by atoms with van der Waals surface area (Å²) in [5, 5.41) is 3.57. The number of halogens is 1. The molecule has 3 heteroatoms. The Kier molecular flexibility index (Phi) is 8.63. The molecule has 1 rings (SSSR count). The Morgan fingerprint density at radius 2 is 2.15 bits per heavy atom. The number of methoxy groups -OCH3 is 1. The summed E-state index contributed by atoms with van der Waals surface area (Å²) in [5.74, 6) is 0.955. The molecule has 0 aliphatic carbocycles. The highest BCUT2D eigenvalue weighted by Gasteiger charge is 2.15. The normalized spacial score (nSPS) is 12.2. The summed E-state index contributed by atoms with van der Waals surface area (Å²) in [4.78, 5) is 0. The predicted molar refractivity (Wildman–Crippen MR) is 90.4 cm³/mol. The molecule has 0 fully saturated rings. The number of benzene rings is 1. The topological polar surface area (TPSA) is 21.3 Å². The fourth-order valence-electron chi connectivity index (χ4n) is 2.40. The lowest BCUT2D eigenvalue weighted by molar-refractivity contribution is 0.393. The van der Waals surface area contributed by atoms with Gasteiger partial charge in [-0.2, -0.15) is 0 Å². The molecular weight excluding hydrogens is 314 g/mol. The van der Waals surface area contributed by atoms with Crippen molar-refractivity contribution in [1.29, 1.82) is 0 Å². The van der Waals surface area contributed by atoms with Gasteiger partial charge in [-0.25, -0.2) is 0 Å². The van der Waals surface area contributed by atoms with Gasteiger partial charge < -0.3 is 10.1 Å². The molecule has 0 saturated carbocycles. The Morgan fingerprint density at radius 3 is 2.80 bits per heavy atom. The Hall–Kier alpha value is -0.800. The number of hydrogen-bond acceptors (Lipinski definition) is 2. The summed E-state index contributed by atoms with van der Waals surface area (Å²) in [7, 11) is 1.73. The van der Waals surface area contributed by atoms with E-state index in [0.717, 1.165) is 29.6 Å². The molecule has 0 heterocycles. The first-order chi connectivity index (χ1) is 9.72. The van der Waals surface area contributed by atoms with Crippen LogP contribution in [0, 0.1) is 0 Å². The van der Waals surface area contributed by atoms with E-state index in [1.807, 2.05) is 12.1 Å². The van der Waals surface area contributed by atoms with Crippen molar-refractivity contribution in [3.05, 3.63) is 40.9 Å². The molecule has 20 heavy (non-hydrogen) atoms. The molecule has 0 aliphatic rings.